The molecule has 2 aromatic heterocycles. The molecular weight excluding hydrogens is 302 g/mol. The second-order valence-electron chi connectivity index (χ2n) is 6.37. The van der Waals surface area contributed by atoms with Crippen LogP contribution in [0.2, 0.25) is 0 Å². The number of hydrogen-bond donors (Lipinski definition) is 0. The van der Waals surface area contributed by atoms with Gasteiger partial charge in [0, 0.05) is 24.5 Å². The third-order valence-corrected chi connectivity index (χ3v) is 4.74. The molecule has 5 nitrogen and oxygen atoms in total. The first-order valence-electron chi connectivity index (χ1n) is 8.56. The summed E-state index contributed by atoms with van der Waals surface area (Å²) in [5.74, 6) is 1.49. The number of rotatable bonds is 5. The minimum atomic E-state index is 0.0362. The molecule has 1 saturated carbocycles. The van der Waals surface area contributed by atoms with E-state index in [9.17, 15) is 4.79 Å². The molecule has 124 valence electrons. The summed E-state index contributed by atoms with van der Waals surface area (Å²) in [6.07, 6.45) is 7.47. The van der Waals surface area contributed by atoms with E-state index in [1.165, 1.54) is 19.3 Å². The van der Waals surface area contributed by atoms with E-state index in [4.69, 9.17) is 4.74 Å². The van der Waals surface area contributed by atoms with Crippen LogP contribution in [-0.4, -0.2) is 20.8 Å². The van der Waals surface area contributed by atoms with Gasteiger partial charge in [-0.3, -0.25) is 4.79 Å². The maximum atomic E-state index is 12.7. The fourth-order valence-corrected chi connectivity index (χ4v) is 3.15. The lowest BCUT2D eigenvalue weighted by Crippen LogP contribution is -2.27. The predicted molar refractivity (Wildman–Crippen MR) is 93.4 cm³/mol. The van der Waals surface area contributed by atoms with Crippen LogP contribution in [0.3, 0.4) is 0 Å². The van der Waals surface area contributed by atoms with Crippen molar-refractivity contribution in [1.82, 2.24) is 14.2 Å². The molecule has 2 heterocycles. The maximum Gasteiger partial charge on any atom is 0.276 e. The van der Waals surface area contributed by atoms with Crippen molar-refractivity contribution in [3.05, 3.63) is 53.1 Å². The highest BCUT2D eigenvalue weighted by atomic mass is 16.5. The number of benzene rings is 1. The van der Waals surface area contributed by atoms with Gasteiger partial charge < -0.3 is 9.30 Å². The molecule has 0 amide bonds. The summed E-state index contributed by atoms with van der Waals surface area (Å²) in [5.41, 5.74) is 2.44. The van der Waals surface area contributed by atoms with Crippen LogP contribution < -0.4 is 10.3 Å². The summed E-state index contributed by atoms with van der Waals surface area (Å²) in [5, 5.41) is 4.54. The lowest BCUT2D eigenvalue weighted by Gasteiger charge is -2.25. The Morgan fingerprint density at radius 1 is 1.21 bits per heavy atom. The Balaban J connectivity index is 1.67. The smallest absolute Gasteiger partial charge is 0.276 e. The van der Waals surface area contributed by atoms with Crippen LogP contribution in [0.25, 0.3) is 16.8 Å². The topological polar surface area (TPSA) is 48.5 Å². The van der Waals surface area contributed by atoms with Gasteiger partial charge in [0.05, 0.1) is 12.3 Å². The van der Waals surface area contributed by atoms with E-state index in [2.05, 4.69) is 5.10 Å². The van der Waals surface area contributed by atoms with E-state index in [1.807, 2.05) is 54.2 Å². The summed E-state index contributed by atoms with van der Waals surface area (Å²) >= 11 is 0. The van der Waals surface area contributed by atoms with Crippen LogP contribution in [0.1, 0.15) is 26.2 Å². The number of fused-ring (bicyclic) bond motifs is 1. The van der Waals surface area contributed by atoms with Crippen molar-refractivity contribution >= 4 is 5.52 Å². The lowest BCUT2D eigenvalue weighted by molar-refractivity contribution is 0.274. The summed E-state index contributed by atoms with van der Waals surface area (Å²) in [6.45, 7) is 3.43. The van der Waals surface area contributed by atoms with Crippen LogP contribution >= 0.6 is 0 Å². The van der Waals surface area contributed by atoms with Gasteiger partial charge in [-0.1, -0.05) is 6.42 Å². The normalized spacial score (nSPS) is 14.7. The fourth-order valence-electron chi connectivity index (χ4n) is 3.15. The number of aromatic nitrogens is 3. The second-order valence-corrected chi connectivity index (χ2v) is 6.37. The zero-order valence-electron chi connectivity index (χ0n) is 13.8. The van der Waals surface area contributed by atoms with Crippen LogP contribution in [0, 0.1) is 5.92 Å². The summed E-state index contributed by atoms with van der Waals surface area (Å²) in [7, 11) is 0. The number of ether oxygens (including phenoxy) is 1. The van der Waals surface area contributed by atoms with Crippen molar-refractivity contribution in [3.8, 4) is 17.0 Å². The minimum absolute atomic E-state index is 0.0362. The van der Waals surface area contributed by atoms with Crippen LogP contribution in [-0.2, 0) is 6.54 Å². The average Bonchev–Trinajstić information content (AvgIpc) is 2.99. The molecule has 0 bridgehead atoms. The third-order valence-electron chi connectivity index (χ3n) is 4.74. The van der Waals surface area contributed by atoms with E-state index in [1.54, 1.807) is 4.52 Å². The lowest BCUT2D eigenvalue weighted by atomic mass is 9.85. The van der Waals surface area contributed by atoms with Crippen LogP contribution in [0.4, 0.5) is 0 Å². The minimum Gasteiger partial charge on any atom is -0.494 e. The maximum absolute atomic E-state index is 12.7. The van der Waals surface area contributed by atoms with Crippen molar-refractivity contribution < 1.29 is 4.74 Å². The molecule has 3 aromatic rings. The number of nitrogens with zero attached hydrogens (tertiary/aromatic N) is 3. The summed E-state index contributed by atoms with van der Waals surface area (Å²) < 4.78 is 8.96. The van der Waals surface area contributed by atoms with Gasteiger partial charge in [-0.15, -0.1) is 0 Å². The largest absolute Gasteiger partial charge is 0.494 e. The van der Waals surface area contributed by atoms with Crippen molar-refractivity contribution in [2.75, 3.05) is 6.61 Å². The van der Waals surface area contributed by atoms with Gasteiger partial charge in [0.25, 0.3) is 5.56 Å². The Bertz CT molecular complexity index is 905. The first-order chi connectivity index (χ1) is 11.7. The highest BCUT2D eigenvalue weighted by molar-refractivity contribution is 5.66. The van der Waals surface area contributed by atoms with Gasteiger partial charge in [0.15, 0.2) is 0 Å². The molecule has 0 unspecified atom stereocenters. The zero-order chi connectivity index (χ0) is 16.5. The Hall–Kier alpha value is -2.56. The van der Waals surface area contributed by atoms with E-state index >= 15 is 0 Å². The molecule has 0 atom stereocenters. The SMILES string of the molecule is CCOc1ccc(-c2cc3c(=O)n(CC4CCC4)ccn3n2)cc1. The molecular formula is C19H21N3O2. The molecule has 4 rings (SSSR count). The Labute approximate surface area is 140 Å². The van der Waals surface area contributed by atoms with Gasteiger partial charge in [0.2, 0.25) is 0 Å². The highest BCUT2D eigenvalue weighted by Gasteiger charge is 2.19. The average molecular weight is 323 g/mol. The Kier molecular flexibility index (Phi) is 3.84. The first-order valence-corrected chi connectivity index (χ1v) is 8.56. The molecule has 0 saturated heterocycles. The van der Waals surface area contributed by atoms with Crippen molar-refractivity contribution in [2.45, 2.75) is 32.7 Å². The van der Waals surface area contributed by atoms with Crippen molar-refractivity contribution in [1.29, 1.82) is 0 Å². The van der Waals surface area contributed by atoms with Gasteiger partial charge in [-0.05, 0) is 56.0 Å². The molecule has 0 N–H and O–H groups in total. The van der Waals surface area contributed by atoms with Gasteiger partial charge in [0.1, 0.15) is 11.3 Å². The highest BCUT2D eigenvalue weighted by Crippen LogP contribution is 2.27. The van der Waals surface area contributed by atoms with Crippen LogP contribution in [0.5, 0.6) is 5.75 Å². The monoisotopic (exact) mass is 323 g/mol. The molecule has 1 aliphatic carbocycles. The first kappa shape index (κ1) is 15.0. The molecule has 1 aliphatic rings. The van der Waals surface area contributed by atoms with Gasteiger partial charge in [-0.2, -0.15) is 5.10 Å². The predicted octanol–water partition coefficient (Wildman–Crippen LogP) is 3.36. The molecule has 5 heteroatoms. The quantitative estimate of drug-likeness (QED) is 0.723. The Morgan fingerprint density at radius 3 is 2.67 bits per heavy atom. The van der Waals surface area contributed by atoms with E-state index in [-0.39, 0.29) is 5.56 Å². The Morgan fingerprint density at radius 2 is 2.00 bits per heavy atom. The third kappa shape index (κ3) is 2.70. The van der Waals surface area contributed by atoms with Gasteiger partial charge >= 0.3 is 0 Å². The van der Waals surface area contributed by atoms with Crippen molar-refractivity contribution in [2.24, 2.45) is 5.92 Å². The summed E-state index contributed by atoms with van der Waals surface area (Å²) in [6, 6.07) is 9.67. The second kappa shape index (κ2) is 6.15. The molecule has 0 aliphatic heterocycles. The van der Waals surface area contributed by atoms with Gasteiger partial charge in [-0.25, -0.2) is 4.52 Å². The molecule has 1 aromatic carbocycles. The molecule has 24 heavy (non-hydrogen) atoms. The van der Waals surface area contributed by atoms with Crippen molar-refractivity contribution in [3.63, 3.8) is 0 Å². The van der Waals surface area contributed by atoms with E-state index in [0.29, 0.717) is 18.0 Å². The van der Waals surface area contributed by atoms with E-state index < -0.39 is 0 Å². The number of hydrogen-bond acceptors (Lipinski definition) is 3. The zero-order valence-corrected chi connectivity index (χ0v) is 13.8. The van der Waals surface area contributed by atoms with E-state index in [0.717, 1.165) is 23.6 Å². The molecule has 0 spiro atoms. The molecule has 1 fully saturated rings. The summed E-state index contributed by atoms with van der Waals surface area (Å²) in [4.78, 5) is 12.7. The fraction of sp³-hybridized carbons (Fsp3) is 0.368. The standard InChI is InChI=1S/C19H21N3O2/c1-2-24-16-8-6-15(7-9-16)17-12-18-19(23)21(10-11-22(18)20-17)13-14-4-3-5-14/h6-12,14H,2-5,13H2,1H3. The van der Waals surface area contributed by atoms with Crippen LogP contribution in [0.15, 0.2) is 47.5 Å². The molecule has 0 radical (unpaired) electrons.